The zero-order valence-electron chi connectivity index (χ0n) is 34.7. The molecule has 2 aromatic heterocycles. The molecule has 0 unspecified atom stereocenters. The third kappa shape index (κ3) is 6.61. The first-order valence-electron chi connectivity index (χ1n) is 21.8. The monoisotopic (exact) mass is 802 g/mol. The summed E-state index contributed by atoms with van der Waals surface area (Å²) in [6.45, 7) is 0. The van der Waals surface area contributed by atoms with Gasteiger partial charge in [0.2, 0.25) is 0 Å². The lowest BCUT2D eigenvalue weighted by molar-refractivity contribution is 1.18. The number of fused-ring (bicyclic) bond motifs is 6. The summed E-state index contributed by atoms with van der Waals surface area (Å²) < 4.78 is 4.73. The maximum absolute atomic E-state index is 2.37. The Morgan fingerprint density at radius 3 is 0.667 bits per heavy atom. The van der Waals surface area contributed by atoms with Gasteiger partial charge in [0, 0.05) is 32.9 Å². The summed E-state index contributed by atoms with van der Waals surface area (Å²) in [5, 5.41) is 5.12. The van der Waals surface area contributed by atoms with Crippen LogP contribution in [0, 0.1) is 0 Å². The van der Waals surface area contributed by atoms with Gasteiger partial charge in [-0.15, -0.1) is 0 Å². The number of rotatable bonds is 8. The number of nitrogens with zero attached hydrogens (tertiary/aromatic N) is 2. The fraction of sp³-hybridized carbons (Fsp3) is 0.0164. The molecule has 0 bridgehead atoms. The van der Waals surface area contributed by atoms with Crippen LogP contribution in [0.3, 0.4) is 0 Å². The Kier molecular flexibility index (Phi) is 8.93. The minimum absolute atomic E-state index is 0.896. The zero-order chi connectivity index (χ0) is 41.7. The third-order valence-electron chi connectivity index (χ3n) is 12.8. The minimum Gasteiger partial charge on any atom is -0.309 e. The Labute approximate surface area is 367 Å². The molecule has 0 saturated heterocycles. The largest absolute Gasteiger partial charge is 0.309 e. The molecule has 0 atom stereocenters. The van der Waals surface area contributed by atoms with Gasteiger partial charge in [-0.3, -0.25) is 0 Å². The standard InChI is InChI=1S/C61H42N2/c1-5-13-58-54(9-1)55-10-2-6-14-59(55)62(58)52-37-33-50(34-38-52)48-29-25-46(26-30-48)44-21-17-42(18-22-44)41-43-19-23-45(24-20-43)47-27-31-49(32-28-47)51-35-39-53(40-36-51)63-60-15-7-3-11-56(60)57-12-4-8-16-61(57)63/h1-40H,41H2. The molecule has 12 rings (SSSR count). The molecule has 12 aromatic rings. The van der Waals surface area contributed by atoms with Gasteiger partial charge in [0.05, 0.1) is 22.1 Å². The van der Waals surface area contributed by atoms with Gasteiger partial charge in [-0.25, -0.2) is 0 Å². The minimum atomic E-state index is 0.896. The fourth-order valence-electron chi connectivity index (χ4n) is 9.58. The van der Waals surface area contributed by atoms with E-state index in [2.05, 4.69) is 252 Å². The van der Waals surface area contributed by atoms with Crippen LogP contribution in [-0.2, 0) is 6.42 Å². The van der Waals surface area contributed by atoms with Crippen molar-refractivity contribution in [2.24, 2.45) is 0 Å². The summed E-state index contributed by atoms with van der Waals surface area (Å²) in [5.74, 6) is 0. The first-order valence-corrected chi connectivity index (χ1v) is 21.8. The SMILES string of the molecule is c1ccc2c(c1)c1ccccc1n2-c1ccc(-c2ccc(-c3ccc(Cc4ccc(-c5ccc(-c6ccc(-n7c8ccccc8c8ccccc87)cc6)cc5)cc4)cc3)cc2)cc1. The average molecular weight is 803 g/mol. The van der Waals surface area contributed by atoms with Crippen LogP contribution in [-0.4, -0.2) is 9.13 Å². The van der Waals surface area contributed by atoms with E-state index >= 15 is 0 Å². The number of para-hydroxylation sites is 4. The Balaban J connectivity index is 0.697. The van der Waals surface area contributed by atoms with E-state index in [1.54, 1.807) is 0 Å². The van der Waals surface area contributed by atoms with E-state index < -0.39 is 0 Å². The van der Waals surface area contributed by atoms with Crippen LogP contribution in [0.25, 0.3) is 99.5 Å². The lowest BCUT2D eigenvalue weighted by atomic mass is 9.96. The van der Waals surface area contributed by atoms with Crippen molar-refractivity contribution in [1.29, 1.82) is 0 Å². The van der Waals surface area contributed by atoms with E-state index in [0.717, 1.165) is 6.42 Å². The predicted molar refractivity (Wildman–Crippen MR) is 266 cm³/mol. The topological polar surface area (TPSA) is 9.86 Å². The van der Waals surface area contributed by atoms with Crippen molar-refractivity contribution in [1.82, 2.24) is 9.13 Å². The number of aromatic nitrogens is 2. The molecule has 2 nitrogen and oxygen atoms in total. The zero-order valence-corrected chi connectivity index (χ0v) is 34.7. The van der Waals surface area contributed by atoms with Crippen molar-refractivity contribution in [3.8, 4) is 55.9 Å². The second-order valence-electron chi connectivity index (χ2n) is 16.6. The van der Waals surface area contributed by atoms with Crippen LogP contribution in [0.1, 0.15) is 11.1 Å². The van der Waals surface area contributed by atoms with Crippen LogP contribution in [0.5, 0.6) is 0 Å². The number of hydrogen-bond donors (Lipinski definition) is 0. The molecule has 296 valence electrons. The highest BCUT2D eigenvalue weighted by molar-refractivity contribution is 6.10. The molecule has 63 heavy (non-hydrogen) atoms. The van der Waals surface area contributed by atoms with E-state index in [1.165, 1.54) is 111 Å². The Morgan fingerprint density at radius 2 is 0.413 bits per heavy atom. The van der Waals surface area contributed by atoms with Crippen molar-refractivity contribution in [2.75, 3.05) is 0 Å². The van der Waals surface area contributed by atoms with Gasteiger partial charge >= 0.3 is 0 Å². The van der Waals surface area contributed by atoms with Crippen molar-refractivity contribution in [3.63, 3.8) is 0 Å². The molecule has 0 N–H and O–H groups in total. The van der Waals surface area contributed by atoms with Crippen LogP contribution in [0.2, 0.25) is 0 Å². The number of hydrogen-bond acceptors (Lipinski definition) is 0. The van der Waals surface area contributed by atoms with Crippen molar-refractivity contribution >= 4 is 43.6 Å². The molecular weight excluding hydrogens is 761 g/mol. The Bertz CT molecular complexity index is 3220. The number of benzene rings is 10. The predicted octanol–water partition coefficient (Wildman–Crippen LogP) is 16.1. The lowest BCUT2D eigenvalue weighted by Crippen LogP contribution is -1.93. The van der Waals surface area contributed by atoms with E-state index in [4.69, 9.17) is 0 Å². The third-order valence-corrected chi connectivity index (χ3v) is 12.8. The van der Waals surface area contributed by atoms with Gasteiger partial charge in [0.25, 0.3) is 0 Å². The molecule has 0 aliphatic heterocycles. The van der Waals surface area contributed by atoms with E-state index in [0.29, 0.717) is 0 Å². The molecule has 0 saturated carbocycles. The smallest absolute Gasteiger partial charge is 0.0541 e. The summed E-state index contributed by atoms with van der Waals surface area (Å²) in [6.07, 6.45) is 0.896. The molecule has 0 amide bonds. The van der Waals surface area contributed by atoms with E-state index in [1.807, 2.05) is 0 Å². The molecular formula is C61H42N2. The van der Waals surface area contributed by atoms with Crippen LogP contribution in [0.15, 0.2) is 243 Å². The molecule has 0 aliphatic carbocycles. The van der Waals surface area contributed by atoms with Gasteiger partial charge in [-0.05, 0) is 111 Å². The Hall–Kier alpha value is -8.20. The van der Waals surface area contributed by atoms with Gasteiger partial charge < -0.3 is 9.13 Å². The van der Waals surface area contributed by atoms with Crippen molar-refractivity contribution in [2.45, 2.75) is 6.42 Å². The first-order chi connectivity index (χ1) is 31.2. The summed E-state index contributed by atoms with van der Waals surface area (Å²) in [4.78, 5) is 0. The van der Waals surface area contributed by atoms with Crippen molar-refractivity contribution < 1.29 is 0 Å². The molecule has 10 aromatic carbocycles. The van der Waals surface area contributed by atoms with Crippen LogP contribution in [0.4, 0.5) is 0 Å². The average Bonchev–Trinajstić information content (AvgIpc) is 3.88. The highest BCUT2D eigenvalue weighted by Gasteiger charge is 2.13. The molecule has 0 spiro atoms. The van der Waals surface area contributed by atoms with E-state index in [-0.39, 0.29) is 0 Å². The normalized spacial score (nSPS) is 11.6. The van der Waals surface area contributed by atoms with Gasteiger partial charge in [-0.1, -0.05) is 194 Å². The Morgan fingerprint density at radius 1 is 0.206 bits per heavy atom. The van der Waals surface area contributed by atoms with Gasteiger partial charge in [0.1, 0.15) is 0 Å². The molecule has 0 aliphatic rings. The molecule has 2 heteroatoms. The maximum Gasteiger partial charge on any atom is 0.0541 e. The summed E-state index contributed by atoms with van der Waals surface area (Å²) in [5.41, 5.74) is 19.6. The molecule has 2 heterocycles. The fourth-order valence-corrected chi connectivity index (χ4v) is 9.58. The maximum atomic E-state index is 2.37. The van der Waals surface area contributed by atoms with E-state index in [9.17, 15) is 0 Å². The lowest BCUT2D eigenvalue weighted by Gasteiger charge is -2.10. The second kappa shape index (κ2) is 15.4. The summed E-state index contributed by atoms with van der Waals surface area (Å²) in [6, 6.07) is 88.5. The van der Waals surface area contributed by atoms with Gasteiger partial charge in [-0.2, -0.15) is 0 Å². The van der Waals surface area contributed by atoms with Gasteiger partial charge in [0.15, 0.2) is 0 Å². The summed E-state index contributed by atoms with van der Waals surface area (Å²) >= 11 is 0. The highest BCUT2D eigenvalue weighted by atomic mass is 15.0. The molecule has 0 fully saturated rings. The van der Waals surface area contributed by atoms with Crippen LogP contribution < -0.4 is 0 Å². The van der Waals surface area contributed by atoms with Crippen molar-refractivity contribution in [3.05, 3.63) is 254 Å². The molecule has 0 radical (unpaired) electrons. The second-order valence-corrected chi connectivity index (χ2v) is 16.6. The first kappa shape index (κ1) is 36.6. The quantitative estimate of drug-likeness (QED) is 0.145. The van der Waals surface area contributed by atoms with Crippen LogP contribution >= 0.6 is 0 Å². The highest BCUT2D eigenvalue weighted by Crippen LogP contribution is 2.35. The summed E-state index contributed by atoms with van der Waals surface area (Å²) in [7, 11) is 0.